The first-order valence-corrected chi connectivity index (χ1v) is 7.30. The van der Waals surface area contributed by atoms with E-state index in [1.807, 2.05) is 17.9 Å². The number of likely N-dealkylation sites (N-methyl/N-ethyl adjacent to an activating group) is 1. The van der Waals surface area contributed by atoms with E-state index in [1.165, 1.54) is 22.4 Å². The number of aryl methyl sites for hydroxylation is 4. The van der Waals surface area contributed by atoms with Crippen LogP contribution < -0.4 is 5.32 Å². The fraction of sp³-hybridized carbons (Fsp3) is 0.471. The molecule has 0 fully saturated rings. The van der Waals surface area contributed by atoms with Crippen molar-refractivity contribution in [1.82, 2.24) is 15.1 Å². The van der Waals surface area contributed by atoms with Gasteiger partial charge in [0.1, 0.15) is 0 Å². The lowest BCUT2D eigenvalue weighted by molar-refractivity contribution is 0.510. The lowest BCUT2D eigenvalue weighted by Crippen LogP contribution is -2.28. The predicted octanol–water partition coefficient (Wildman–Crippen LogP) is 2.80. The SMILES string of the molecule is CNC(CCc1ccnn1C)Cc1ccc(C)c(C)c1. The molecule has 3 heteroatoms. The Labute approximate surface area is 122 Å². The van der Waals surface area contributed by atoms with Crippen molar-refractivity contribution in [2.45, 2.75) is 39.2 Å². The van der Waals surface area contributed by atoms with Crippen LogP contribution in [0.2, 0.25) is 0 Å². The molecule has 1 aromatic heterocycles. The van der Waals surface area contributed by atoms with Crippen molar-refractivity contribution in [3.8, 4) is 0 Å². The lowest BCUT2D eigenvalue weighted by atomic mass is 9.98. The van der Waals surface area contributed by atoms with Gasteiger partial charge in [-0.05, 0) is 62.9 Å². The van der Waals surface area contributed by atoms with Gasteiger partial charge in [-0.2, -0.15) is 5.10 Å². The molecule has 1 aromatic carbocycles. The average molecular weight is 271 g/mol. The molecule has 0 radical (unpaired) electrons. The molecule has 0 spiro atoms. The monoisotopic (exact) mass is 271 g/mol. The second-order valence-electron chi connectivity index (χ2n) is 5.59. The molecule has 0 saturated carbocycles. The number of nitrogens with one attached hydrogen (secondary N) is 1. The average Bonchev–Trinajstić information content (AvgIpc) is 2.84. The summed E-state index contributed by atoms with van der Waals surface area (Å²) in [6.45, 7) is 4.35. The number of rotatable bonds is 6. The first-order chi connectivity index (χ1) is 9.60. The number of hydrogen-bond acceptors (Lipinski definition) is 2. The van der Waals surface area contributed by atoms with Gasteiger partial charge in [0.25, 0.3) is 0 Å². The van der Waals surface area contributed by atoms with E-state index < -0.39 is 0 Å². The Morgan fingerprint density at radius 1 is 1.20 bits per heavy atom. The van der Waals surface area contributed by atoms with Crippen molar-refractivity contribution in [1.29, 1.82) is 0 Å². The quantitative estimate of drug-likeness (QED) is 0.875. The Balaban J connectivity index is 1.95. The van der Waals surface area contributed by atoms with Crippen LogP contribution in [0.3, 0.4) is 0 Å². The summed E-state index contributed by atoms with van der Waals surface area (Å²) in [6, 6.07) is 9.38. The van der Waals surface area contributed by atoms with Crippen LogP contribution in [0.25, 0.3) is 0 Å². The highest BCUT2D eigenvalue weighted by Gasteiger charge is 2.09. The second kappa shape index (κ2) is 6.71. The zero-order valence-corrected chi connectivity index (χ0v) is 13.0. The summed E-state index contributed by atoms with van der Waals surface area (Å²) in [5.41, 5.74) is 5.46. The molecular formula is C17H25N3. The van der Waals surface area contributed by atoms with Gasteiger partial charge in [-0.25, -0.2) is 0 Å². The summed E-state index contributed by atoms with van der Waals surface area (Å²) in [7, 11) is 4.06. The van der Waals surface area contributed by atoms with Crippen molar-refractivity contribution in [2.24, 2.45) is 7.05 Å². The summed E-state index contributed by atoms with van der Waals surface area (Å²) < 4.78 is 1.96. The topological polar surface area (TPSA) is 29.9 Å². The van der Waals surface area contributed by atoms with Crippen LogP contribution in [0, 0.1) is 13.8 Å². The van der Waals surface area contributed by atoms with Crippen LogP contribution in [-0.2, 0) is 19.9 Å². The second-order valence-corrected chi connectivity index (χ2v) is 5.59. The molecule has 1 N–H and O–H groups in total. The van der Waals surface area contributed by atoms with Gasteiger partial charge in [0.15, 0.2) is 0 Å². The maximum atomic E-state index is 4.22. The summed E-state index contributed by atoms with van der Waals surface area (Å²) >= 11 is 0. The Kier molecular flexibility index (Phi) is 4.96. The van der Waals surface area contributed by atoms with E-state index in [4.69, 9.17) is 0 Å². The van der Waals surface area contributed by atoms with Gasteiger partial charge in [-0.3, -0.25) is 4.68 Å². The molecular weight excluding hydrogens is 246 g/mol. The Hall–Kier alpha value is -1.61. The first kappa shape index (κ1) is 14.8. The molecule has 0 saturated heterocycles. The minimum absolute atomic E-state index is 0.506. The van der Waals surface area contributed by atoms with Gasteiger partial charge < -0.3 is 5.32 Å². The van der Waals surface area contributed by atoms with E-state index in [1.54, 1.807) is 0 Å². The zero-order chi connectivity index (χ0) is 14.5. The molecule has 2 aromatic rings. The van der Waals surface area contributed by atoms with Crippen molar-refractivity contribution in [3.63, 3.8) is 0 Å². The maximum Gasteiger partial charge on any atom is 0.0492 e. The van der Waals surface area contributed by atoms with Crippen LogP contribution in [0.15, 0.2) is 30.5 Å². The van der Waals surface area contributed by atoms with E-state index in [0.29, 0.717) is 6.04 Å². The maximum absolute atomic E-state index is 4.22. The fourth-order valence-corrected chi connectivity index (χ4v) is 2.53. The van der Waals surface area contributed by atoms with Gasteiger partial charge in [-0.15, -0.1) is 0 Å². The molecule has 0 aliphatic rings. The molecule has 1 heterocycles. The normalized spacial score (nSPS) is 12.6. The Morgan fingerprint density at radius 3 is 2.60 bits per heavy atom. The number of benzene rings is 1. The van der Waals surface area contributed by atoms with Crippen LogP contribution in [0.4, 0.5) is 0 Å². The molecule has 20 heavy (non-hydrogen) atoms. The third kappa shape index (κ3) is 3.70. The summed E-state index contributed by atoms with van der Waals surface area (Å²) in [4.78, 5) is 0. The Morgan fingerprint density at radius 2 is 2.00 bits per heavy atom. The summed E-state index contributed by atoms with van der Waals surface area (Å²) in [6.07, 6.45) is 5.14. The Bertz CT molecular complexity index is 557. The third-order valence-electron chi connectivity index (χ3n) is 4.13. The van der Waals surface area contributed by atoms with E-state index in [-0.39, 0.29) is 0 Å². The van der Waals surface area contributed by atoms with E-state index >= 15 is 0 Å². The van der Waals surface area contributed by atoms with E-state index in [2.05, 4.69) is 55.6 Å². The lowest BCUT2D eigenvalue weighted by Gasteiger charge is -2.17. The van der Waals surface area contributed by atoms with E-state index in [9.17, 15) is 0 Å². The van der Waals surface area contributed by atoms with Crippen LogP contribution in [0.1, 0.15) is 28.8 Å². The predicted molar refractivity (Wildman–Crippen MR) is 84.0 cm³/mol. The number of aromatic nitrogens is 2. The van der Waals surface area contributed by atoms with Crippen molar-refractivity contribution in [2.75, 3.05) is 7.05 Å². The van der Waals surface area contributed by atoms with Crippen LogP contribution in [-0.4, -0.2) is 22.9 Å². The molecule has 1 unspecified atom stereocenters. The fourth-order valence-electron chi connectivity index (χ4n) is 2.53. The molecule has 0 aliphatic carbocycles. The van der Waals surface area contributed by atoms with Gasteiger partial charge in [-0.1, -0.05) is 18.2 Å². The minimum atomic E-state index is 0.506. The molecule has 0 amide bonds. The van der Waals surface area contributed by atoms with Crippen molar-refractivity contribution in [3.05, 3.63) is 52.8 Å². The van der Waals surface area contributed by atoms with Crippen LogP contribution in [0.5, 0.6) is 0 Å². The first-order valence-electron chi connectivity index (χ1n) is 7.30. The summed E-state index contributed by atoms with van der Waals surface area (Å²) in [5, 5.41) is 7.66. The molecule has 1 atom stereocenters. The standard InChI is InChI=1S/C17H25N3/c1-13-5-6-15(11-14(13)2)12-16(18-3)7-8-17-9-10-19-20(17)4/h5-6,9-11,16,18H,7-8,12H2,1-4H3. The van der Waals surface area contributed by atoms with Crippen molar-refractivity contribution < 1.29 is 0 Å². The number of nitrogens with zero attached hydrogens (tertiary/aromatic N) is 2. The van der Waals surface area contributed by atoms with Crippen molar-refractivity contribution >= 4 is 0 Å². The molecule has 2 rings (SSSR count). The molecule has 0 bridgehead atoms. The van der Waals surface area contributed by atoms with Gasteiger partial charge in [0.05, 0.1) is 0 Å². The number of hydrogen-bond donors (Lipinski definition) is 1. The van der Waals surface area contributed by atoms with Gasteiger partial charge >= 0.3 is 0 Å². The van der Waals surface area contributed by atoms with Gasteiger partial charge in [0, 0.05) is 25.0 Å². The molecule has 3 nitrogen and oxygen atoms in total. The minimum Gasteiger partial charge on any atom is -0.317 e. The largest absolute Gasteiger partial charge is 0.317 e. The summed E-state index contributed by atoms with van der Waals surface area (Å²) in [5.74, 6) is 0. The van der Waals surface area contributed by atoms with Crippen LogP contribution >= 0.6 is 0 Å². The smallest absolute Gasteiger partial charge is 0.0492 e. The van der Waals surface area contributed by atoms with E-state index in [0.717, 1.165) is 19.3 Å². The third-order valence-corrected chi connectivity index (χ3v) is 4.13. The highest BCUT2D eigenvalue weighted by Crippen LogP contribution is 2.14. The van der Waals surface area contributed by atoms with Gasteiger partial charge in [0.2, 0.25) is 0 Å². The highest BCUT2D eigenvalue weighted by molar-refractivity contribution is 5.30. The molecule has 0 aliphatic heterocycles. The molecule has 108 valence electrons. The zero-order valence-electron chi connectivity index (χ0n) is 13.0. The highest BCUT2D eigenvalue weighted by atomic mass is 15.2.